The van der Waals surface area contributed by atoms with E-state index in [0.717, 1.165) is 25.9 Å². The Bertz CT molecular complexity index is 643. The zero-order chi connectivity index (χ0) is 18.3. The van der Waals surface area contributed by atoms with Crippen molar-refractivity contribution in [1.82, 2.24) is 10.2 Å². The summed E-state index contributed by atoms with van der Waals surface area (Å²) < 4.78 is 25.8. The standard InChI is InChI=1S/C18H29N3O3S/c1-3-17(18(22)19-12-15-20-13-8-5-9-14-20)21(25(2,23)24)16-10-6-4-7-11-16/h4,6-7,10-11,17H,3,5,8-9,12-15H2,1-2H3,(H,19,22)/t17-/m0/s1. The quantitative estimate of drug-likeness (QED) is 0.761. The molecular formula is C18H29N3O3S. The molecule has 1 aromatic rings. The summed E-state index contributed by atoms with van der Waals surface area (Å²) in [5.74, 6) is -0.242. The van der Waals surface area contributed by atoms with E-state index in [0.29, 0.717) is 18.7 Å². The summed E-state index contributed by atoms with van der Waals surface area (Å²) in [6.07, 6.45) is 5.26. The predicted octanol–water partition coefficient (Wildman–Crippen LogP) is 1.83. The van der Waals surface area contributed by atoms with Crippen LogP contribution in [-0.4, -0.2) is 57.7 Å². The number of nitrogens with zero attached hydrogens (tertiary/aromatic N) is 2. The van der Waals surface area contributed by atoms with Gasteiger partial charge in [0.25, 0.3) is 0 Å². The zero-order valence-electron chi connectivity index (χ0n) is 15.1. The van der Waals surface area contributed by atoms with Gasteiger partial charge in [-0.3, -0.25) is 9.10 Å². The highest BCUT2D eigenvalue weighted by atomic mass is 32.2. The predicted molar refractivity (Wildman–Crippen MR) is 101 cm³/mol. The Balaban J connectivity index is 2.02. The highest BCUT2D eigenvalue weighted by molar-refractivity contribution is 7.92. The van der Waals surface area contributed by atoms with E-state index in [1.165, 1.54) is 23.6 Å². The molecule has 1 fully saturated rings. The maximum Gasteiger partial charge on any atom is 0.243 e. The molecule has 1 saturated heterocycles. The van der Waals surface area contributed by atoms with Gasteiger partial charge in [0.15, 0.2) is 0 Å². The van der Waals surface area contributed by atoms with Crippen molar-refractivity contribution in [1.29, 1.82) is 0 Å². The third-order valence-electron chi connectivity index (χ3n) is 4.52. The summed E-state index contributed by atoms with van der Waals surface area (Å²) >= 11 is 0. The highest BCUT2D eigenvalue weighted by Crippen LogP contribution is 2.21. The number of rotatable bonds is 8. The van der Waals surface area contributed by atoms with Gasteiger partial charge in [0.1, 0.15) is 6.04 Å². The molecule has 0 aromatic heterocycles. The van der Waals surface area contributed by atoms with Crippen molar-refractivity contribution < 1.29 is 13.2 Å². The lowest BCUT2D eigenvalue weighted by Crippen LogP contribution is -2.50. The lowest BCUT2D eigenvalue weighted by atomic mass is 10.1. The summed E-state index contributed by atoms with van der Waals surface area (Å²) in [6, 6.07) is 8.06. The third-order valence-corrected chi connectivity index (χ3v) is 5.70. The number of piperidine rings is 1. The van der Waals surface area contributed by atoms with E-state index in [-0.39, 0.29) is 5.91 Å². The molecule has 7 heteroatoms. The first kappa shape index (κ1) is 19.7. The van der Waals surface area contributed by atoms with Crippen LogP contribution in [0, 0.1) is 0 Å². The number of likely N-dealkylation sites (tertiary alicyclic amines) is 1. The number of carbonyl (C=O) groups is 1. The number of hydrogen-bond acceptors (Lipinski definition) is 4. The zero-order valence-corrected chi connectivity index (χ0v) is 16.0. The maximum atomic E-state index is 12.6. The van der Waals surface area contributed by atoms with Crippen LogP contribution in [0.3, 0.4) is 0 Å². The number of anilines is 1. The second kappa shape index (κ2) is 9.20. The number of amides is 1. The molecule has 140 valence electrons. The summed E-state index contributed by atoms with van der Waals surface area (Å²) in [6.45, 7) is 5.34. The lowest BCUT2D eigenvalue weighted by Gasteiger charge is -2.31. The molecule has 0 bridgehead atoms. The van der Waals surface area contributed by atoms with E-state index in [4.69, 9.17) is 0 Å². The van der Waals surface area contributed by atoms with Gasteiger partial charge in [-0.25, -0.2) is 8.42 Å². The fourth-order valence-electron chi connectivity index (χ4n) is 3.27. The number of benzene rings is 1. The van der Waals surface area contributed by atoms with Crippen molar-refractivity contribution >= 4 is 21.6 Å². The van der Waals surface area contributed by atoms with Crippen LogP contribution in [0.25, 0.3) is 0 Å². The van der Waals surface area contributed by atoms with Gasteiger partial charge in [0, 0.05) is 13.1 Å². The molecule has 0 spiro atoms. The molecular weight excluding hydrogens is 338 g/mol. The first-order valence-electron chi connectivity index (χ1n) is 8.98. The largest absolute Gasteiger partial charge is 0.353 e. The molecule has 1 aliphatic heterocycles. The van der Waals surface area contributed by atoms with Crippen LogP contribution in [0.4, 0.5) is 5.69 Å². The van der Waals surface area contributed by atoms with E-state index in [2.05, 4.69) is 10.2 Å². The fraction of sp³-hybridized carbons (Fsp3) is 0.611. The van der Waals surface area contributed by atoms with Crippen LogP contribution in [-0.2, 0) is 14.8 Å². The molecule has 1 aliphatic rings. The van der Waals surface area contributed by atoms with Crippen molar-refractivity contribution in [3.05, 3.63) is 30.3 Å². The Morgan fingerprint density at radius 2 is 1.84 bits per heavy atom. The van der Waals surface area contributed by atoms with Crippen LogP contribution in [0.15, 0.2) is 30.3 Å². The molecule has 1 atom stereocenters. The normalized spacial score (nSPS) is 17.0. The molecule has 1 heterocycles. The van der Waals surface area contributed by atoms with Gasteiger partial charge in [-0.05, 0) is 44.5 Å². The van der Waals surface area contributed by atoms with E-state index in [9.17, 15) is 13.2 Å². The van der Waals surface area contributed by atoms with Gasteiger partial charge in [0.05, 0.1) is 11.9 Å². The monoisotopic (exact) mass is 367 g/mol. The highest BCUT2D eigenvalue weighted by Gasteiger charge is 2.31. The Morgan fingerprint density at radius 1 is 1.20 bits per heavy atom. The van der Waals surface area contributed by atoms with Crippen LogP contribution >= 0.6 is 0 Å². The lowest BCUT2D eigenvalue weighted by molar-refractivity contribution is -0.122. The molecule has 1 amide bonds. The first-order valence-corrected chi connectivity index (χ1v) is 10.8. The SMILES string of the molecule is CC[C@@H](C(=O)NCCN1CCCCC1)N(c1ccccc1)S(C)(=O)=O. The minimum atomic E-state index is -3.56. The first-order chi connectivity index (χ1) is 11.9. The molecule has 6 nitrogen and oxygen atoms in total. The smallest absolute Gasteiger partial charge is 0.243 e. The van der Waals surface area contributed by atoms with Crippen LogP contribution in [0.2, 0.25) is 0 Å². The second-order valence-corrected chi connectivity index (χ2v) is 8.37. The Kier molecular flexibility index (Phi) is 7.25. The molecule has 1 N–H and O–H groups in total. The van der Waals surface area contributed by atoms with Gasteiger partial charge >= 0.3 is 0 Å². The second-order valence-electron chi connectivity index (χ2n) is 6.51. The summed E-state index contributed by atoms with van der Waals surface area (Å²) in [7, 11) is -3.56. The number of nitrogens with one attached hydrogen (secondary N) is 1. The van der Waals surface area contributed by atoms with Gasteiger partial charge in [-0.15, -0.1) is 0 Å². The van der Waals surface area contributed by atoms with Crippen LogP contribution in [0.1, 0.15) is 32.6 Å². The average Bonchev–Trinajstić information content (AvgIpc) is 2.60. The minimum absolute atomic E-state index is 0.242. The van der Waals surface area contributed by atoms with Crippen LogP contribution < -0.4 is 9.62 Å². The number of sulfonamides is 1. The van der Waals surface area contributed by atoms with E-state index in [1.807, 2.05) is 13.0 Å². The van der Waals surface area contributed by atoms with E-state index < -0.39 is 16.1 Å². The Labute approximate surface area is 151 Å². The van der Waals surface area contributed by atoms with Crippen molar-refractivity contribution in [2.45, 2.75) is 38.6 Å². The van der Waals surface area contributed by atoms with E-state index >= 15 is 0 Å². The molecule has 0 saturated carbocycles. The Morgan fingerprint density at radius 3 is 2.40 bits per heavy atom. The molecule has 25 heavy (non-hydrogen) atoms. The minimum Gasteiger partial charge on any atom is -0.353 e. The number of carbonyl (C=O) groups excluding carboxylic acids is 1. The summed E-state index contributed by atoms with van der Waals surface area (Å²) in [4.78, 5) is 15.0. The third kappa shape index (κ3) is 5.71. The molecule has 0 unspecified atom stereocenters. The van der Waals surface area contributed by atoms with Crippen LogP contribution in [0.5, 0.6) is 0 Å². The van der Waals surface area contributed by atoms with Gasteiger partial charge in [-0.1, -0.05) is 31.5 Å². The van der Waals surface area contributed by atoms with Crippen molar-refractivity contribution in [2.75, 3.05) is 36.7 Å². The van der Waals surface area contributed by atoms with Gasteiger partial charge < -0.3 is 10.2 Å². The topological polar surface area (TPSA) is 69.7 Å². The average molecular weight is 368 g/mol. The van der Waals surface area contributed by atoms with Gasteiger partial charge in [0.2, 0.25) is 15.9 Å². The van der Waals surface area contributed by atoms with Crippen molar-refractivity contribution in [2.24, 2.45) is 0 Å². The molecule has 1 aromatic carbocycles. The molecule has 0 radical (unpaired) electrons. The Hall–Kier alpha value is -1.60. The van der Waals surface area contributed by atoms with Crippen molar-refractivity contribution in [3.8, 4) is 0 Å². The van der Waals surface area contributed by atoms with Gasteiger partial charge in [-0.2, -0.15) is 0 Å². The van der Waals surface area contributed by atoms with E-state index in [1.54, 1.807) is 24.3 Å². The van der Waals surface area contributed by atoms with Crippen molar-refractivity contribution in [3.63, 3.8) is 0 Å². The number of para-hydroxylation sites is 1. The summed E-state index contributed by atoms with van der Waals surface area (Å²) in [5.41, 5.74) is 0.517. The number of hydrogen-bond donors (Lipinski definition) is 1. The summed E-state index contributed by atoms with van der Waals surface area (Å²) in [5, 5.41) is 2.92. The maximum absolute atomic E-state index is 12.6. The molecule has 2 rings (SSSR count). The fourth-order valence-corrected chi connectivity index (χ4v) is 4.48. The molecule has 0 aliphatic carbocycles.